The maximum absolute atomic E-state index is 13.2. The minimum atomic E-state index is -4.99. The molecule has 106 valence electrons. The minimum absolute atomic E-state index is 0.116. The lowest BCUT2D eigenvalue weighted by Crippen LogP contribution is -2.11. The van der Waals surface area contributed by atoms with Gasteiger partial charge in [0.1, 0.15) is 5.82 Å². The Labute approximate surface area is 117 Å². The van der Waals surface area contributed by atoms with Crippen molar-refractivity contribution in [1.82, 2.24) is 4.98 Å². The third-order valence-corrected chi connectivity index (χ3v) is 2.66. The van der Waals surface area contributed by atoms with Gasteiger partial charge in [0.25, 0.3) is 0 Å². The van der Waals surface area contributed by atoms with E-state index in [2.05, 4.69) is 25.3 Å². The van der Waals surface area contributed by atoms with Gasteiger partial charge in [0.05, 0.1) is 0 Å². The van der Waals surface area contributed by atoms with Gasteiger partial charge in [-0.25, -0.2) is 14.2 Å². The molecule has 1 aromatic heterocycles. The predicted octanol–water partition coefficient (Wildman–Crippen LogP) is 3.96. The van der Waals surface area contributed by atoms with Crippen LogP contribution in [0.3, 0.4) is 0 Å². The number of aromatic carboxylic acids is 1. The lowest BCUT2D eigenvalue weighted by Gasteiger charge is -2.00. The summed E-state index contributed by atoms with van der Waals surface area (Å²) in [6.45, 7) is 0. The van der Waals surface area contributed by atoms with Crippen molar-refractivity contribution in [1.29, 1.82) is 0 Å². The highest BCUT2D eigenvalue weighted by atomic mass is 79.9. The van der Waals surface area contributed by atoms with Crippen LogP contribution >= 0.6 is 15.9 Å². The first-order chi connectivity index (χ1) is 9.18. The molecule has 0 saturated heterocycles. The van der Waals surface area contributed by atoms with Crippen molar-refractivity contribution >= 4 is 21.9 Å². The molecule has 0 aliphatic carbocycles. The van der Waals surface area contributed by atoms with Gasteiger partial charge in [0.2, 0.25) is 11.7 Å². The Morgan fingerprint density at radius 2 is 1.95 bits per heavy atom. The van der Waals surface area contributed by atoms with Crippen molar-refractivity contribution in [3.05, 3.63) is 39.9 Å². The van der Waals surface area contributed by atoms with Crippen LogP contribution in [0, 0.1) is 5.82 Å². The molecule has 1 aromatic carbocycles. The maximum Gasteiger partial charge on any atom is 0.437 e. The molecule has 1 heterocycles. The molecule has 2 rings (SSSR count). The molecule has 0 spiro atoms. The van der Waals surface area contributed by atoms with E-state index in [1.54, 1.807) is 0 Å². The van der Waals surface area contributed by atoms with Crippen molar-refractivity contribution in [2.45, 2.75) is 6.18 Å². The van der Waals surface area contributed by atoms with Gasteiger partial charge in [-0.15, -0.1) is 0 Å². The van der Waals surface area contributed by atoms with E-state index in [-0.39, 0.29) is 10.0 Å². The Morgan fingerprint density at radius 1 is 1.30 bits per heavy atom. The topological polar surface area (TPSA) is 63.3 Å². The normalized spacial score (nSPS) is 11.7. The SMILES string of the molecule is O=C(O)c1oc(-c2cc(F)cc(Br)c2)nc1C(F)(F)F. The number of hydrogen-bond acceptors (Lipinski definition) is 3. The second kappa shape index (κ2) is 4.89. The van der Waals surface area contributed by atoms with E-state index in [4.69, 9.17) is 5.11 Å². The highest BCUT2D eigenvalue weighted by molar-refractivity contribution is 9.10. The fourth-order valence-electron chi connectivity index (χ4n) is 1.46. The van der Waals surface area contributed by atoms with Gasteiger partial charge in [-0.1, -0.05) is 15.9 Å². The molecule has 0 amide bonds. The molecule has 4 nitrogen and oxygen atoms in total. The van der Waals surface area contributed by atoms with Crippen molar-refractivity contribution in [2.75, 3.05) is 0 Å². The number of halogens is 5. The van der Waals surface area contributed by atoms with E-state index < -0.39 is 35.3 Å². The molecule has 0 atom stereocenters. The third kappa shape index (κ3) is 2.82. The molecule has 0 fully saturated rings. The third-order valence-electron chi connectivity index (χ3n) is 2.20. The van der Waals surface area contributed by atoms with Crippen LogP contribution in [-0.4, -0.2) is 16.1 Å². The smallest absolute Gasteiger partial charge is 0.437 e. The van der Waals surface area contributed by atoms with Crippen LogP contribution in [0.2, 0.25) is 0 Å². The van der Waals surface area contributed by atoms with Crippen LogP contribution in [0.1, 0.15) is 16.2 Å². The summed E-state index contributed by atoms with van der Waals surface area (Å²) < 4.78 is 55.9. The van der Waals surface area contributed by atoms with Crippen LogP contribution < -0.4 is 0 Å². The molecule has 0 aliphatic heterocycles. The van der Waals surface area contributed by atoms with Gasteiger partial charge in [0.15, 0.2) is 5.69 Å². The van der Waals surface area contributed by atoms with Crippen LogP contribution in [0.5, 0.6) is 0 Å². The molecule has 0 unspecified atom stereocenters. The Kier molecular flexibility index (Phi) is 3.55. The van der Waals surface area contributed by atoms with E-state index >= 15 is 0 Å². The fourth-order valence-corrected chi connectivity index (χ4v) is 1.92. The molecule has 0 aliphatic rings. The summed E-state index contributed by atoms with van der Waals surface area (Å²) in [7, 11) is 0. The Hall–Kier alpha value is -1.90. The van der Waals surface area contributed by atoms with E-state index in [1.807, 2.05) is 0 Å². The Bertz CT molecular complexity index is 661. The zero-order valence-corrected chi connectivity index (χ0v) is 10.9. The average molecular weight is 354 g/mol. The number of carbonyl (C=O) groups is 1. The summed E-state index contributed by atoms with van der Waals surface area (Å²) in [5.41, 5.74) is -1.78. The first-order valence-corrected chi connectivity index (χ1v) is 5.75. The summed E-state index contributed by atoms with van der Waals surface area (Å²) in [6.07, 6.45) is -4.99. The second-order valence-electron chi connectivity index (χ2n) is 3.66. The molecule has 0 bridgehead atoms. The number of benzene rings is 1. The second-order valence-corrected chi connectivity index (χ2v) is 4.57. The molecule has 0 radical (unpaired) electrons. The van der Waals surface area contributed by atoms with E-state index in [1.165, 1.54) is 6.07 Å². The lowest BCUT2D eigenvalue weighted by atomic mass is 10.2. The highest BCUT2D eigenvalue weighted by Gasteiger charge is 2.41. The van der Waals surface area contributed by atoms with Gasteiger partial charge in [-0.05, 0) is 18.2 Å². The van der Waals surface area contributed by atoms with E-state index in [9.17, 15) is 22.4 Å². The number of hydrogen-bond donors (Lipinski definition) is 1. The van der Waals surface area contributed by atoms with Crippen LogP contribution in [0.4, 0.5) is 17.6 Å². The average Bonchev–Trinajstić information content (AvgIpc) is 2.71. The van der Waals surface area contributed by atoms with E-state index in [0.29, 0.717) is 0 Å². The standard InChI is InChI=1S/C11H4BrF4NO3/c12-5-1-4(2-6(13)3-5)9-17-8(11(14,15)16)7(20-9)10(18)19/h1-3H,(H,18,19). The van der Waals surface area contributed by atoms with Crippen molar-refractivity contribution < 1.29 is 31.9 Å². The van der Waals surface area contributed by atoms with Gasteiger partial charge < -0.3 is 9.52 Å². The largest absolute Gasteiger partial charge is 0.475 e. The molecular formula is C11H4BrF4NO3. The summed E-state index contributed by atoms with van der Waals surface area (Å²) in [5, 5.41) is 8.68. The summed E-state index contributed by atoms with van der Waals surface area (Å²) >= 11 is 2.96. The first-order valence-electron chi connectivity index (χ1n) is 4.96. The van der Waals surface area contributed by atoms with E-state index in [0.717, 1.165) is 12.1 Å². The molecule has 1 N–H and O–H groups in total. The summed E-state index contributed by atoms with van der Waals surface area (Å²) in [6, 6.07) is 3.21. The lowest BCUT2D eigenvalue weighted by molar-refractivity contribution is -0.141. The Morgan fingerprint density at radius 3 is 2.40 bits per heavy atom. The molecule has 20 heavy (non-hydrogen) atoms. The van der Waals surface area contributed by atoms with Crippen LogP contribution in [-0.2, 0) is 6.18 Å². The molecule has 9 heteroatoms. The maximum atomic E-state index is 13.2. The number of carboxylic acids is 1. The highest BCUT2D eigenvalue weighted by Crippen LogP contribution is 2.35. The number of alkyl halides is 3. The number of nitrogens with zero attached hydrogens (tertiary/aromatic N) is 1. The molecule has 2 aromatic rings. The monoisotopic (exact) mass is 353 g/mol. The number of aromatic nitrogens is 1. The quantitative estimate of drug-likeness (QED) is 0.830. The number of carboxylic acid groups (broad SMARTS) is 1. The van der Waals surface area contributed by atoms with Gasteiger partial charge in [0, 0.05) is 10.0 Å². The number of rotatable bonds is 2. The first kappa shape index (κ1) is 14.5. The van der Waals surface area contributed by atoms with Crippen LogP contribution in [0.25, 0.3) is 11.5 Å². The zero-order valence-electron chi connectivity index (χ0n) is 9.33. The van der Waals surface area contributed by atoms with Crippen LogP contribution in [0.15, 0.2) is 27.1 Å². The molecular weight excluding hydrogens is 350 g/mol. The predicted molar refractivity (Wildman–Crippen MR) is 61.6 cm³/mol. The van der Waals surface area contributed by atoms with Gasteiger partial charge >= 0.3 is 12.1 Å². The number of oxazole rings is 1. The summed E-state index contributed by atoms with van der Waals surface area (Å²) in [4.78, 5) is 13.8. The minimum Gasteiger partial charge on any atom is -0.475 e. The van der Waals surface area contributed by atoms with Crippen molar-refractivity contribution in [3.8, 4) is 11.5 Å². The summed E-state index contributed by atoms with van der Waals surface area (Å²) in [5.74, 6) is -4.62. The van der Waals surface area contributed by atoms with Crippen molar-refractivity contribution in [2.24, 2.45) is 0 Å². The van der Waals surface area contributed by atoms with Crippen molar-refractivity contribution in [3.63, 3.8) is 0 Å². The van der Waals surface area contributed by atoms with Gasteiger partial charge in [-0.2, -0.15) is 13.2 Å². The van der Waals surface area contributed by atoms with Gasteiger partial charge in [-0.3, -0.25) is 0 Å². The zero-order chi connectivity index (χ0) is 15.1. The fraction of sp³-hybridized carbons (Fsp3) is 0.0909. The molecule has 0 saturated carbocycles. The Balaban J connectivity index is 2.62.